The van der Waals surface area contributed by atoms with Gasteiger partial charge >= 0.3 is 95.1 Å². The molecule has 0 heterocycles. The molecule has 0 aromatic carbocycles. The number of carboxylic acid groups (broad SMARTS) is 1. The van der Waals surface area contributed by atoms with Gasteiger partial charge in [-0.25, -0.2) is 9.18 Å². The molecule has 0 rings (SSSR count). The standard InChI is InChI=1S/C23H13F32NO3/c1-56(2,5-8(58)59)4-6(57)3-7(24)9(25,26)10(27,28)11(29,30)12(31,32)13(33,34)14(35,36)15(37,38)16(39,40)17(41,42)18(43,44)19(45,46)20(47,48)21(49,50)22(51,52)23(53,54)55/h3,6,57H,4-5H2,1-2H3/p+1. The molecule has 4 nitrogen and oxygen atoms in total. The fourth-order valence-corrected chi connectivity index (χ4v) is 3.96. The molecule has 36 heteroatoms. The van der Waals surface area contributed by atoms with Crippen LogP contribution in [0.25, 0.3) is 0 Å². The Morgan fingerprint density at radius 3 is 0.847 bits per heavy atom. The number of allylic oxidation sites excluding steroid dienone is 1. The van der Waals surface area contributed by atoms with Crippen molar-refractivity contribution in [2.24, 2.45) is 0 Å². The molecule has 0 radical (unpaired) electrons. The molecule has 0 aliphatic rings. The molecule has 352 valence electrons. The second-order valence-corrected chi connectivity index (χ2v) is 12.3. The summed E-state index contributed by atoms with van der Waals surface area (Å²) in [5.74, 6) is -141. The number of hydrogen-bond donors (Lipinski definition) is 2. The first-order valence-corrected chi connectivity index (χ1v) is 13.4. The van der Waals surface area contributed by atoms with Crippen LogP contribution in [0.1, 0.15) is 0 Å². The molecule has 59 heavy (non-hydrogen) atoms. The van der Waals surface area contributed by atoms with Crippen LogP contribution in [-0.4, -0.2) is 143 Å². The van der Waals surface area contributed by atoms with Crippen molar-refractivity contribution in [3.8, 4) is 0 Å². The number of nitrogens with zero attached hydrogens (tertiary/aromatic N) is 1. The van der Waals surface area contributed by atoms with Crippen molar-refractivity contribution in [2.45, 2.75) is 95.2 Å². The number of aliphatic carboxylic acids is 1. The van der Waals surface area contributed by atoms with Crippen LogP contribution in [0.2, 0.25) is 0 Å². The van der Waals surface area contributed by atoms with E-state index in [1.807, 2.05) is 0 Å². The molecule has 0 aromatic rings. The summed E-state index contributed by atoms with van der Waals surface area (Å²) in [7, 11) is 1.34. The van der Waals surface area contributed by atoms with Crippen LogP contribution in [-0.2, 0) is 4.79 Å². The van der Waals surface area contributed by atoms with Crippen LogP contribution in [0.4, 0.5) is 140 Å². The van der Waals surface area contributed by atoms with Gasteiger partial charge in [-0.2, -0.15) is 136 Å². The van der Waals surface area contributed by atoms with Gasteiger partial charge in [0.05, 0.1) is 14.1 Å². The number of alkyl halides is 31. The third kappa shape index (κ3) is 7.52. The van der Waals surface area contributed by atoms with Crippen LogP contribution >= 0.6 is 0 Å². The predicted molar refractivity (Wildman–Crippen MR) is 120 cm³/mol. The smallest absolute Gasteiger partial charge is 0.460 e. The summed E-state index contributed by atoms with van der Waals surface area (Å²) in [4.78, 5) is 10.7. The Morgan fingerprint density at radius 2 is 0.644 bits per heavy atom. The van der Waals surface area contributed by atoms with E-state index in [9.17, 15) is 150 Å². The maximum Gasteiger partial charge on any atom is 0.460 e. The summed E-state index contributed by atoms with van der Waals surface area (Å²) in [6.07, 6.45) is -13.0. The Hall–Kier alpha value is -3.11. The largest absolute Gasteiger partial charge is 0.477 e. The van der Waals surface area contributed by atoms with Gasteiger partial charge in [-0.15, -0.1) is 0 Å². The van der Waals surface area contributed by atoms with Gasteiger partial charge in [0.2, 0.25) is 0 Å². The van der Waals surface area contributed by atoms with Gasteiger partial charge in [-0.1, -0.05) is 0 Å². The van der Waals surface area contributed by atoms with E-state index in [-0.39, 0.29) is 0 Å². The highest BCUT2D eigenvalue weighted by Gasteiger charge is 3.01. The van der Waals surface area contributed by atoms with Crippen molar-refractivity contribution in [1.29, 1.82) is 0 Å². The zero-order valence-corrected chi connectivity index (χ0v) is 26.9. The Bertz CT molecular complexity index is 1570. The Morgan fingerprint density at radius 1 is 0.441 bits per heavy atom. The zero-order chi connectivity index (χ0) is 48.9. The molecule has 0 spiro atoms. The average molecular weight is 960 g/mol. The first-order valence-electron chi connectivity index (χ1n) is 13.4. The first-order chi connectivity index (χ1) is 24.9. The fourth-order valence-electron chi connectivity index (χ4n) is 3.96. The van der Waals surface area contributed by atoms with Crippen molar-refractivity contribution in [3.05, 3.63) is 11.9 Å². The summed E-state index contributed by atoms with van der Waals surface area (Å²) in [6.45, 7) is -2.73. The summed E-state index contributed by atoms with van der Waals surface area (Å²) in [6, 6.07) is 0. The monoisotopic (exact) mass is 960 g/mol. The van der Waals surface area contributed by atoms with Crippen molar-refractivity contribution in [1.82, 2.24) is 0 Å². The quantitative estimate of drug-likeness (QED) is 0.100. The number of hydrogen-bond acceptors (Lipinski definition) is 2. The lowest BCUT2D eigenvalue weighted by Crippen LogP contribution is -2.79. The molecule has 0 saturated carbocycles. The second kappa shape index (κ2) is 14.5. The minimum Gasteiger partial charge on any atom is -0.477 e. The van der Waals surface area contributed by atoms with Gasteiger partial charge in [0.1, 0.15) is 12.6 Å². The molecule has 0 aromatic heterocycles. The second-order valence-electron chi connectivity index (χ2n) is 12.3. The van der Waals surface area contributed by atoms with Crippen molar-refractivity contribution < 1.29 is 160 Å². The number of halogens is 32. The lowest BCUT2D eigenvalue weighted by molar-refractivity contribution is -0.885. The van der Waals surface area contributed by atoms with Crippen molar-refractivity contribution >= 4 is 5.97 Å². The van der Waals surface area contributed by atoms with Gasteiger partial charge in [-0.05, 0) is 6.08 Å². The van der Waals surface area contributed by atoms with E-state index in [1.54, 1.807) is 0 Å². The maximum absolute atomic E-state index is 14.1. The van der Waals surface area contributed by atoms with Crippen LogP contribution in [0.3, 0.4) is 0 Å². The molecular formula is C23H14F32NO3+. The zero-order valence-electron chi connectivity index (χ0n) is 26.9. The third-order valence-corrected chi connectivity index (χ3v) is 7.37. The first kappa shape index (κ1) is 55.9. The number of carbonyl (C=O) groups is 1. The highest BCUT2D eigenvalue weighted by Crippen LogP contribution is 2.69. The van der Waals surface area contributed by atoms with Gasteiger partial charge in [0, 0.05) is 0 Å². The molecule has 1 atom stereocenters. The van der Waals surface area contributed by atoms with Crippen LogP contribution in [0.15, 0.2) is 11.9 Å². The molecule has 0 aliphatic heterocycles. The number of rotatable bonds is 19. The van der Waals surface area contributed by atoms with Crippen molar-refractivity contribution in [2.75, 3.05) is 27.2 Å². The lowest BCUT2D eigenvalue weighted by atomic mass is 9.83. The SMILES string of the molecule is C[N+](C)(CC(=O)O)CC(O)C=C(F)C(F)(F)C(F)(F)C(F)(F)C(F)(F)C(F)(F)C(F)(F)C(F)(F)C(F)(F)C(F)(F)C(F)(F)C(F)(F)C(F)(F)C(F)(F)C(F)(F)C(F)(F)F. The minimum absolute atomic E-state index is 0.669. The van der Waals surface area contributed by atoms with Gasteiger partial charge in [0.25, 0.3) is 0 Å². The maximum atomic E-state index is 14.1. The van der Waals surface area contributed by atoms with E-state index in [1.165, 1.54) is 0 Å². The highest BCUT2D eigenvalue weighted by molar-refractivity contribution is 5.67. The lowest BCUT2D eigenvalue weighted by Gasteiger charge is -2.46. The minimum atomic E-state index is -10.2. The highest BCUT2D eigenvalue weighted by atomic mass is 19.4. The fraction of sp³-hybridized carbons (Fsp3) is 0.870. The molecular weight excluding hydrogens is 946 g/mol. The van der Waals surface area contributed by atoms with Crippen molar-refractivity contribution in [3.63, 3.8) is 0 Å². The Kier molecular flexibility index (Phi) is 13.7. The molecule has 0 saturated heterocycles. The number of quaternary nitrogens is 1. The number of likely N-dealkylation sites (N-methyl/N-ethyl adjacent to an activating group) is 1. The molecule has 0 amide bonds. The van der Waals surface area contributed by atoms with Crippen LogP contribution < -0.4 is 0 Å². The predicted octanol–water partition coefficient (Wildman–Crippen LogP) is 9.82. The molecule has 0 fully saturated rings. The summed E-state index contributed by atoms with van der Waals surface area (Å²) in [5, 5.41) is 18.1. The number of carboxylic acids is 1. The van der Waals surface area contributed by atoms with Gasteiger partial charge in [0.15, 0.2) is 12.4 Å². The number of aliphatic hydroxyl groups is 1. The summed E-state index contributed by atoms with van der Waals surface area (Å²) in [5.41, 5.74) is 0. The summed E-state index contributed by atoms with van der Waals surface area (Å²) < 4.78 is 436. The van der Waals surface area contributed by atoms with E-state index in [4.69, 9.17) is 5.11 Å². The average Bonchev–Trinajstić information content (AvgIpc) is 2.97. The number of aliphatic hydroxyl groups excluding tert-OH is 1. The molecule has 0 bridgehead atoms. The van der Waals surface area contributed by atoms with Gasteiger partial charge in [-0.3, -0.25) is 0 Å². The van der Waals surface area contributed by atoms with E-state index in [0.717, 1.165) is 0 Å². The molecule has 2 N–H and O–H groups in total. The van der Waals surface area contributed by atoms with E-state index >= 15 is 0 Å². The summed E-state index contributed by atoms with van der Waals surface area (Å²) >= 11 is 0. The van der Waals surface area contributed by atoms with E-state index < -0.39 is 131 Å². The normalized spacial score (nSPS) is 17.4. The van der Waals surface area contributed by atoms with Gasteiger partial charge < -0.3 is 14.7 Å². The molecule has 0 aliphatic carbocycles. The van der Waals surface area contributed by atoms with Crippen LogP contribution in [0, 0.1) is 0 Å². The van der Waals surface area contributed by atoms with E-state index in [2.05, 4.69) is 0 Å². The Balaban J connectivity index is 7.59. The third-order valence-electron chi connectivity index (χ3n) is 7.37. The Labute approximate surface area is 301 Å². The van der Waals surface area contributed by atoms with E-state index in [0.29, 0.717) is 14.1 Å². The molecule has 1 unspecified atom stereocenters. The van der Waals surface area contributed by atoms with Crippen LogP contribution in [0.5, 0.6) is 0 Å². The topological polar surface area (TPSA) is 57.5 Å².